The van der Waals surface area contributed by atoms with Crippen LogP contribution in [0.25, 0.3) is 0 Å². The number of piperidine rings is 1. The second-order valence-electron chi connectivity index (χ2n) is 10.2. The standard InChI is InChI=1S/C27H37N3O4/c31-26(28-23-7-8-23)16-20-9-12-29-17-21(20)5-3-13-34-25-6-2-1-4-22(25)18-30(19-27(29)32)24-10-14-33-15-11-24/h1-6,20-21,23-24H,7-19H2,(H,28,31)/b5-3+/t20-,21-/m0/s1. The predicted molar refractivity (Wildman–Crippen MR) is 129 cm³/mol. The van der Waals surface area contributed by atoms with E-state index in [0.29, 0.717) is 44.7 Å². The summed E-state index contributed by atoms with van der Waals surface area (Å²) in [7, 11) is 0. The van der Waals surface area contributed by atoms with Gasteiger partial charge in [0.15, 0.2) is 0 Å². The van der Waals surface area contributed by atoms with E-state index in [9.17, 15) is 9.59 Å². The van der Waals surface area contributed by atoms with Crippen molar-refractivity contribution in [1.29, 1.82) is 0 Å². The first kappa shape index (κ1) is 23.4. The molecule has 0 spiro atoms. The quantitative estimate of drug-likeness (QED) is 0.690. The average Bonchev–Trinajstić information content (AvgIpc) is 3.67. The Bertz CT molecular complexity index is 894. The molecule has 4 aliphatic rings. The van der Waals surface area contributed by atoms with E-state index < -0.39 is 0 Å². The molecule has 0 unspecified atom stereocenters. The van der Waals surface area contributed by atoms with E-state index in [-0.39, 0.29) is 23.7 Å². The molecule has 0 aromatic heterocycles. The second kappa shape index (κ2) is 10.9. The number of hydrogen-bond donors (Lipinski definition) is 1. The lowest BCUT2D eigenvalue weighted by molar-refractivity contribution is -0.136. The first-order valence-electron chi connectivity index (χ1n) is 12.9. The van der Waals surface area contributed by atoms with Gasteiger partial charge in [-0.2, -0.15) is 0 Å². The highest BCUT2D eigenvalue weighted by molar-refractivity contribution is 5.79. The molecule has 5 rings (SSSR count). The summed E-state index contributed by atoms with van der Waals surface area (Å²) in [6.07, 6.45) is 9.72. The molecule has 34 heavy (non-hydrogen) atoms. The molecule has 2 bridgehead atoms. The Labute approximate surface area is 202 Å². The number of ether oxygens (including phenoxy) is 2. The Balaban J connectivity index is 1.35. The zero-order valence-corrected chi connectivity index (χ0v) is 20.0. The van der Waals surface area contributed by atoms with E-state index in [1.54, 1.807) is 0 Å². The Morgan fingerprint density at radius 2 is 1.88 bits per heavy atom. The average molecular weight is 468 g/mol. The monoisotopic (exact) mass is 467 g/mol. The molecule has 3 heterocycles. The number of nitrogens with one attached hydrogen (secondary N) is 1. The van der Waals surface area contributed by atoms with E-state index >= 15 is 0 Å². The number of nitrogens with zero attached hydrogens (tertiary/aromatic N) is 2. The minimum Gasteiger partial charge on any atom is -0.489 e. The molecule has 1 N–H and O–H groups in total. The normalized spacial score (nSPS) is 28.0. The van der Waals surface area contributed by atoms with Gasteiger partial charge in [0.25, 0.3) is 0 Å². The maximum absolute atomic E-state index is 13.5. The van der Waals surface area contributed by atoms with Gasteiger partial charge in [-0.3, -0.25) is 14.5 Å². The minimum atomic E-state index is 0.152. The Kier molecular flexibility index (Phi) is 7.50. The molecule has 1 aromatic rings. The van der Waals surface area contributed by atoms with Crippen LogP contribution in [0.3, 0.4) is 0 Å². The maximum Gasteiger partial charge on any atom is 0.236 e. The molecule has 1 aromatic carbocycles. The summed E-state index contributed by atoms with van der Waals surface area (Å²) in [6, 6.07) is 8.86. The number of benzene rings is 1. The summed E-state index contributed by atoms with van der Waals surface area (Å²) in [4.78, 5) is 30.3. The van der Waals surface area contributed by atoms with Crippen LogP contribution in [-0.2, 0) is 20.9 Å². The van der Waals surface area contributed by atoms with Crippen molar-refractivity contribution in [2.75, 3.05) is 39.5 Å². The van der Waals surface area contributed by atoms with Crippen LogP contribution in [0.1, 0.15) is 44.1 Å². The van der Waals surface area contributed by atoms with Crippen LogP contribution in [0.5, 0.6) is 5.75 Å². The van der Waals surface area contributed by atoms with Crippen molar-refractivity contribution >= 4 is 11.8 Å². The van der Waals surface area contributed by atoms with Crippen molar-refractivity contribution in [3.8, 4) is 5.75 Å². The van der Waals surface area contributed by atoms with Gasteiger partial charge in [-0.25, -0.2) is 0 Å². The lowest BCUT2D eigenvalue weighted by atomic mass is 9.82. The Morgan fingerprint density at radius 3 is 2.71 bits per heavy atom. The molecule has 2 saturated heterocycles. The molecule has 3 fully saturated rings. The largest absolute Gasteiger partial charge is 0.489 e. The van der Waals surface area contributed by atoms with Crippen LogP contribution in [0.4, 0.5) is 0 Å². The fourth-order valence-electron chi connectivity index (χ4n) is 5.48. The zero-order chi connectivity index (χ0) is 23.3. The van der Waals surface area contributed by atoms with Crippen molar-refractivity contribution in [1.82, 2.24) is 15.1 Å². The third-order valence-electron chi connectivity index (χ3n) is 7.66. The van der Waals surface area contributed by atoms with Gasteiger partial charge in [0.1, 0.15) is 12.4 Å². The number of hydrogen-bond acceptors (Lipinski definition) is 5. The lowest BCUT2D eigenvalue weighted by Gasteiger charge is -2.39. The van der Waals surface area contributed by atoms with Crippen molar-refractivity contribution in [3.63, 3.8) is 0 Å². The van der Waals surface area contributed by atoms with Crippen LogP contribution in [0.2, 0.25) is 0 Å². The Morgan fingerprint density at radius 1 is 1.06 bits per heavy atom. The molecular formula is C27H37N3O4. The van der Waals surface area contributed by atoms with Crippen LogP contribution in [-0.4, -0.2) is 73.2 Å². The van der Waals surface area contributed by atoms with Crippen LogP contribution in [0, 0.1) is 11.8 Å². The highest BCUT2D eigenvalue weighted by Crippen LogP contribution is 2.30. The summed E-state index contributed by atoms with van der Waals surface area (Å²) in [6.45, 7) is 4.46. The highest BCUT2D eigenvalue weighted by atomic mass is 16.5. The first-order valence-corrected chi connectivity index (χ1v) is 12.9. The van der Waals surface area contributed by atoms with Crippen molar-refractivity contribution in [2.24, 2.45) is 11.8 Å². The van der Waals surface area contributed by atoms with Gasteiger partial charge in [-0.15, -0.1) is 0 Å². The minimum absolute atomic E-state index is 0.152. The summed E-state index contributed by atoms with van der Waals surface area (Å²) in [5.41, 5.74) is 1.11. The fourth-order valence-corrected chi connectivity index (χ4v) is 5.48. The Hall–Kier alpha value is -2.38. The second-order valence-corrected chi connectivity index (χ2v) is 10.2. The zero-order valence-electron chi connectivity index (χ0n) is 20.0. The molecule has 2 atom stereocenters. The molecule has 3 aliphatic heterocycles. The lowest BCUT2D eigenvalue weighted by Crippen LogP contribution is -2.50. The molecule has 1 saturated carbocycles. The van der Waals surface area contributed by atoms with Gasteiger partial charge in [0, 0.05) is 56.9 Å². The van der Waals surface area contributed by atoms with E-state index in [4.69, 9.17) is 9.47 Å². The molecular weight excluding hydrogens is 430 g/mol. The van der Waals surface area contributed by atoms with Crippen molar-refractivity contribution in [3.05, 3.63) is 42.0 Å². The molecule has 1 aliphatic carbocycles. The topological polar surface area (TPSA) is 71.1 Å². The summed E-state index contributed by atoms with van der Waals surface area (Å²) < 4.78 is 11.8. The van der Waals surface area contributed by atoms with Crippen molar-refractivity contribution in [2.45, 2.75) is 57.2 Å². The van der Waals surface area contributed by atoms with Gasteiger partial charge >= 0.3 is 0 Å². The first-order chi connectivity index (χ1) is 16.7. The third-order valence-corrected chi connectivity index (χ3v) is 7.66. The molecule has 2 amide bonds. The van der Waals surface area contributed by atoms with Gasteiger partial charge in [-0.1, -0.05) is 30.4 Å². The number of carbonyl (C=O) groups excluding carboxylic acids is 2. The molecule has 184 valence electrons. The van der Waals surface area contributed by atoms with E-state index in [2.05, 4.69) is 28.4 Å². The SMILES string of the molecule is O=C(C[C@@H]1CCN2C[C@@H]1/C=C/COc1ccccc1CN(C1CCOCC1)CC2=O)NC1CC1. The van der Waals surface area contributed by atoms with Crippen molar-refractivity contribution < 1.29 is 19.1 Å². The van der Waals surface area contributed by atoms with E-state index in [1.165, 1.54) is 0 Å². The van der Waals surface area contributed by atoms with Gasteiger partial charge < -0.3 is 19.7 Å². The highest BCUT2D eigenvalue weighted by Gasteiger charge is 2.34. The predicted octanol–water partition coefficient (Wildman–Crippen LogP) is 2.75. The summed E-state index contributed by atoms with van der Waals surface area (Å²) in [5.74, 6) is 1.63. The van der Waals surface area contributed by atoms with Gasteiger partial charge in [0.2, 0.25) is 11.8 Å². The number of amides is 2. The van der Waals surface area contributed by atoms with Gasteiger partial charge in [0.05, 0.1) is 6.54 Å². The van der Waals surface area contributed by atoms with E-state index in [0.717, 1.165) is 63.2 Å². The smallest absolute Gasteiger partial charge is 0.236 e. The van der Waals surface area contributed by atoms with Gasteiger partial charge in [-0.05, 0) is 50.0 Å². The number of para-hydroxylation sites is 1. The number of carbonyl (C=O) groups is 2. The summed E-state index contributed by atoms with van der Waals surface area (Å²) >= 11 is 0. The molecule has 7 heteroatoms. The fraction of sp³-hybridized carbons (Fsp3) is 0.630. The van der Waals surface area contributed by atoms with E-state index in [1.807, 2.05) is 23.1 Å². The summed E-state index contributed by atoms with van der Waals surface area (Å²) in [5, 5.41) is 3.13. The number of rotatable bonds is 4. The molecule has 0 radical (unpaired) electrons. The van der Waals surface area contributed by atoms with Crippen LogP contribution < -0.4 is 10.1 Å². The molecule has 7 nitrogen and oxygen atoms in total. The third kappa shape index (κ3) is 5.99. The maximum atomic E-state index is 13.5. The van der Waals surface area contributed by atoms with Crippen LogP contribution >= 0.6 is 0 Å². The van der Waals surface area contributed by atoms with Crippen LogP contribution in [0.15, 0.2) is 36.4 Å². The number of fused-ring (bicyclic) bond motifs is 3.